The molecule has 1 saturated heterocycles. The van der Waals surface area contributed by atoms with E-state index in [-0.39, 0.29) is 11.9 Å². The summed E-state index contributed by atoms with van der Waals surface area (Å²) in [6.45, 7) is 5.83. The van der Waals surface area contributed by atoms with E-state index in [0.29, 0.717) is 31.2 Å². The minimum absolute atomic E-state index is 0.123. The highest BCUT2D eigenvalue weighted by Crippen LogP contribution is 2.23. The van der Waals surface area contributed by atoms with E-state index in [4.69, 9.17) is 10.2 Å². The summed E-state index contributed by atoms with van der Waals surface area (Å²) in [6.07, 6.45) is 2.81. The SMILES string of the molecule is CC(C)[C@H]1CN(C(=O)CCc2ccco2)C[C@@H]1N. The molecule has 4 nitrogen and oxygen atoms in total. The first-order chi connectivity index (χ1) is 8.58. The maximum atomic E-state index is 12.1. The molecule has 0 aliphatic carbocycles. The van der Waals surface area contributed by atoms with Crippen LogP contribution in [0.2, 0.25) is 0 Å². The average molecular weight is 250 g/mol. The molecule has 2 rings (SSSR count). The Balaban J connectivity index is 1.83. The lowest BCUT2D eigenvalue weighted by Gasteiger charge is -2.18. The van der Waals surface area contributed by atoms with Crippen LogP contribution >= 0.6 is 0 Å². The molecule has 1 aromatic heterocycles. The smallest absolute Gasteiger partial charge is 0.223 e. The Hall–Kier alpha value is -1.29. The number of carbonyl (C=O) groups is 1. The summed E-state index contributed by atoms with van der Waals surface area (Å²) >= 11 is 0. The van der Waals surface area contributed by atoms with Crippen LogP contribution in [0.4, 0.5) is 0 Å². The number of hydrogen-bond acceptors (Lipinski definition) is 3. The number of hydrogen-bond donors (Lipinski definition) is 1. The zero-order chi connectivity index (χ0) is 13.1. The van der Waals surface area contributed by atoms with Crippen LogP contribution in [0.5, 0.6) is 0 Å². The van der Waals surface area contributed by atoms with Gasteiger partial charge in [-0.2, -0.15) is 0 Å². The molecule has 4 heteroatoms. The Labute approximate surface area is 108 Å². The Morgan fingerprint density at radius 2 is 2.33 bits per heavy atom. The maximum absolute atomic E-state index is 12.1. The van der Waals surface area contributed by atoms with Gasteiger partial charge in [0.25, 0.3) is 0 Å². The third-order valence-corrected chi connectivity index (χ3v) is 3.79. The zero-order valence-electron chi connectivity index (χ0n) is 11.1. The van der Waals surface area contributed by atoms with E-state index in [1.807, 2.05) is 17.0 Å². The second kappa shape index (κ2) is 5.57. The Bertz CT molecular complexity index is 387. The third kappa shape index (κ3) is 2.93. The Kier molecular flexibility index (Phi) is 4.07. The molecule has 0 spiro atoms. The molecule has 18 heavy (non-hydrogen) atoms. The largest absolute Gasteiger partial charge is 0.469 e. The molecule has 1 aromatic rings. The van der Waals surface area contributed by atoms with E-state index in [0.717, 1.165) is 12.3 Å². The van der Waals surface area contributed by atoms with Crippen molar-refractivity contribution in [2.45, 2.75) is 32.7 Å². The van der Waals surface area contributed by atoms with Crippen LogP contribution in [-0.2, 0) is 11.2 Å². The molecule has 2 N–H and O–H groups in total. The number of nitrogens with two attached hydrogens (primary N) is 1. The lowest BCUT2D eigenvalue weighted by Crippen LogP contribution is -2.33. The van der Waals surface area contributed by atoms with Crippen LogP contribution in [0.25, 0.3) is 0 Å². The van der Waals surface area contributed by atoms with Gasteiger partial charge in [-0.15, -0.1) is 0 Å². The fourth-order valence-electron chi connectivity index (χ4n) is 2.61. The molecule has 1 aliphatic heterocycles. The minimum Gasteiger partial charge on any atom is -0.469 e. The van der Waals surface area contributed by atoms with E-state index in [1.54, 1.807) is 6.26 Å². The molecule has 2 heterocycles. The van der Waals surface area contributed by atoms with Crippen LogP contribution in [0, 0.1) is 11.8 Å². The topological polar surface area (TPSA) is 59.5 Å². The lowest BCUT2D eigenvalue weighted by atomic mass is 9.92. The molecule has 0 radical (unpaired) electrons. The minimum atomic E-state index is 0.123. The molecule has 0 bridgehead atoms. The van der Waals surface area contributed by atoms with Crippen molar-refractivity contribution in [1.29, 1.82) is 0 Å². The number of carbonyl (C=O) groups excluding carboxylic acids is 1. The number of rotatable bonds is 4. The molecule has 1 aliphatic rings. The summed E-state index contributed by atoms with van der Waals surface area (Å²) in [4.78, 5) is 14.0. The molecular formula is C14H22N2O2. The first-order valence-corrected chi connectivity index (χ1v) is 6.63. The summed E-state index contributed by atoms with van der Waals surface area (Å²) in [7, 11) is 0. The quantitative estimate of drug-likeness (QED) is 0.884. The van der Waals surface area contributed by atoms with Gasteiger partial charge in [-0.05, 0) is 24.0 Å². The van der Waals surface area contributed by atoms with Crippen molar-refractivity contribution < 1.29 is 9.21 Å². The van der Waals surface area contributed by atoms with Crippen molar-refractivity contribution in [1.82, 2.24) is 4.90 Å². The van der Waals surface area contributed by atoms with E-state index >= 15 is 0 Å². The van der Waals surface area contributed by atoms with Gasteiger partial charge < -0.3 is 15.1 Å². The molecule has 0 aromatic carbocycles. The van der Waals surface area contributed by atoms with Gasteiger partial charge in [0.2, 0.25) is 5.91 Å². The number of likely N-dealkylation sites (tertiary alicyclic amines) is 1. The van der Waals surface area contributed by atoms with Gasteiger partial charge in [0, 0.05) is 32.0 Å². The van der Waals surface area contributed by atoms with E-state index in [9.17, 15) is 4.79 Å². The van der Waals surface area contributed by atoms with Crippen molar-refractivity contribution >= 4 is 5.91 Å². The van der Waals surface area contributed by atoms with Gasteiger partial charge in [-0.1, -0.05) is 13.8 Å². The summed E-state index contributed by atoms with van der Waals surface area (Å²) in [5.74, 6) is 2.01. The second-order valence-electron chi connectivity index (χ2n) is 5.45. The first-order valence-electron chi connectivity index (χ1n) is 6.63. The lowest BCUT2D eigenvalue weighted by molar-refractivity contribution is -0.130. The third-order valence-electron chi connectivity index (χ3n) is 3.79. The highest BCUT2D eigenvalue weighted by Gasteiger charge is 2.34. The summed E-state index contributed by atoms with van der Waals surface area (Å²) in [5, 5.41) is 0. The van der Waals surface area contributed by atoms with Gasteiger partial charge >= 0.3 is 0 Å². The van der Waals surface area contributed by atoms with Crippen molar-refractivity contribution in [2.24, 2.45) is 17.6 Å². The van der Waals surface area contributed by atoms with Crippen LogP contribution in [0.1, 0.15) is 26.0 Å². The van der Waals surface area contributed by atoms with Crippen LogP contribution in [0.15, 0.2) is 22.8 Å². The normalized spacial score (nSPS) is 23.9. The summed E-state index contributed by atoms with van der Waals surface area (Å²) in [5.41, 5.74) is 6.09. The van der Waals surface area contributed by atoms with Crippen molar-refractivity contribution in [3.8, 4) is 0 Å². The Morgan fingerprint density at radius 1 is 1.56 bits per heavy atom. The van der Waals surface area contributed by atoms with Crippen molar-refractivity contribution in [3.63, 3.8) is 0 Å². The molecule has 100 valence electrons. The molecule has 0 saturated carbocycles. The number of amides is 1. The van der Waals surface area contributed by atoms with Crippen molar-refractivity contribution in [3.05, 3.63) is 24.2 Å². The van der Waals surface area contributed by atoms with Gasteiger partial charge in [0.1, 0.15) is 5.76 Å². The molecule has 2 atom stereocenters. The Morgan fingerprint density at radius 3 is 2.89 bits per heavy atom. The molecule has 0 unspecified atom stereocenters. The van der Waals surface area contributed by atoms with Gasteiger partial charge in [0.05, 0.1) is 6.26 Å². The molecule has 1 amide bonds. The maximum Gasteiger partial charge on any atom is 0.223 e. The van der Waals surface area contributed by atoms with Crippen LogP contribution < -0.4 is 5.73 Å². The van der Waals surface area contributed by atoms with Gasteiger partial charge in [-0.3, -0.25) is 4.79 Å². The first kappa shape index (κ1) is 13.1. The number of nitrogens with zero attached hydrogens (tertiary/aromatic N) is 1. The summed E-state index contributed by atoms with van der Waals surface area (Å²) in [6, 6.07) is 3.87. The average Bonchev–Trinajstić information content (AvgIpc) is 2.94. The monoisotopic (exact) mass is 250 g/mol. The number of aryl methyl sites for hydroxylation is 1. The number of furan rings is 1. The highest BCUT2D eigenvalue weighted by atomic mass is 16.3. The zero-order valence-corrected chi connectivity index (χ0v) is 11.1. The predicted octanol–water partition coefficient (Wildman–Crippen LogP) is 1.65. The second-order valence-corrected chi connectivity index (χ2v) is 5.45. The van der Waals surface area contributed by atoms with Gasteiger partial charge in [-0.25, -0.2) is 0 Å². The van der Waals surface area contributed by atoms with E-state index in [2.05, 4.69) is 13.8 Å². The van der Waals surface area contributed by atoms with Crippen LogP contribution in [-0.4, -0.2) is 29.9 Å². The standard InChI is InChI=1S/C14H22N2O2/c1-10(2)12-8-16(9-13(12)15)14(17)6-5-11-4-3-7-18-11/h3-4,7,10,12-13H,5-6,8-9,15H2,1-2H3/t12-,13+/m1/s1. The molecule has 1 fully saturated rings. The highest BCUT2D eigenvalue weighted by molar-refractivity contribution is 5.76. The fraction of sp³-hybridized carbons (Fsp3) is 0.643. The van der Waals surface area contributed by atoms with Crippen molar-refractivity contribution in [2.75, 3.05) is 13.1 Å². The van der Waals surface area contributed by atoms with Crippen LogP contribution in [0.3, 0.4) is 0 Å². The molecular weight excluding hydrogens is 228 g/mol. The van der Waals surface area contributed by atoms with E-state index < -0.39 is 0 Å². The van der Waals surface area contributed by atoms with Gasteiger partial charge in [0.15, 0.2) is 0 Å². The fourth-order valence-corrected chi connectivity index (χ4v) is 2.61. The van der Waals surface area contributed by atoms with E-state index in [1.165, 1.54) is 0 Å². The summed E-state index contributed by atoms with van der Waals surface area (Å²) < 4.78 is 5.23. The predicted molar refractivity (Wildman–Crippen MR) is 69.9 cm³/mol.